The second-order valence-corrected chi connectivity index (χ2v) is 9.28. The zero-order valence-corrected chi connectivity index (χ0v) is 19.3. The number of aromatic hydroxyl groups is 3. The van der Waals surface area contributed by atoms with E-state index in [0.29, 0.717) is 12.8 Å². The van der Waals surface area contributed by atoms with Gasteiger partial charge in [-0.25, -0.2) is 0 Å². The standard InChI is InChI=1S/C26H27NO8/c1-3-11-7-13-19(16(8-11)35-17-9-14(27)22(29)10(2)34-17)26(33)21-20(24(13)31)23(30)12-5-4-6-15(28)18(12)25(21)32/h4-7,10,14,16-17,22,28-29,31,33H,3,8-9,27H2,1-2H3/t10-,14-,16-,17-,22+/m0/s1. The summed E-state index contributed by atoms with van der Waals surface area (Å²) in [5.41, 5.74) is 6.36. The van der Waals surface area contributed by atoms with Crippen LogP contribution in [0.3, 0.4) is 0 Å². The highest BCUT2D eigenvalue weighted by Crippen LogP contribution is 2.51. The van der Waals surface area contributed by atoms with Crippen molar-refractivity contribution in [2.75, 3.05) is 0 Å². The Kier molecular flexibility index (Phi) is 5.68. The van der Waals surface area contributed by atoms with Gasteiger partial charge in [0.15, 0.2) is 12.1 Å². The van der Waals surface area contributed by atoms with Gasteiger partial charge in [0.2, 0.25) is 5.78 Å². The van der Waals surface area contributed by atoms with Crippen molar-refractivity contribution in [3.63, 3.8) is 0 Å². The molecule has 0 bridgehead atoms. The molecule has 0 unspecified atom stereocenters. The molecule has 1 saturated heterocycles. The number of carbonyl (C=O) groups excluding carboxylic acids is 2. The number of aliphatic hydroxyl groups excluding tert-OH is 1. The van der Waals surface area contributed by atoms with Crippen LogP contribution in [0.1, 0.15) is 82.2 Å². The summed E-state index contributed by atoms with van der Waals surface area (Å²) >= 11 is 0. The number of nitrogens with two attached hydrogens (primary N) is 1. The zero-order valence-electron chi connectivity index (χ0n) is 19.3. The molecule has 1 fully saturated rings. The van der Waals surface area contributed by atoms with E-state index in [0.717, 1.165) is 5.57 Å². The fourth-order valence-corrected chi connectivity index (χ4v) is 5.22. The first-order valence-corrected chi connectivity index (χ1v) is 11.6. The van der Waals surface area contributed by atoms with Gasteiger partial charge in [0.25, 0.3) is 0 Å². The predicted octanol–water partition coefficient (Wildman–Crippen LogP) is 2.66. The van der Waals surface area contributed by atoms with Crippen molar-refractivity contribution in [1.82, 2.24) is 0 Å². The number of hydrogen-bond acceptors (Lipinski definition) is 9. The summed E-state index contributed by atoms with van der Waals surface area (Å²) in [5, 5.41) is 42.9. The van der Waals surface area contributed by atoms with Crippen molar-refractivity contribution in [3.8, 4) is 17.2 Å². The molecular weight excluding hydrogens is 454 g/mol. The van der Waals surface area contributed by atoms with Crippen LogP contribution >= 0.6 is 0 Å². The SMILES string of the molecule is CCC1=Cc2c(O)c3c(c(O)c2[C@@H](O[C@H]2C[C@H](N)[C@H](O)[C@H](C)O2)C1)C(=O)c1c(O)cccc1C3=O. The molecule has 35 heavy (non-hydrogen) atoms. The van der Waals surface area contributed by atoms with E-state index in [1.54, 1.807) is 13.0 Å². The fraction of sp³-hybridized carbons (Fsp3) is 0.385. The van der Waals surface area contributed by atoms with Gasteiger partial charge >= 0.3 is 0 Å². The fourth-order valence-electron chi connectivity index (χ4n) is 5.22. The number of aliphatic hydroxyl groups is 1. The molecule has 2 aliphatic carbocycles. The van der Waals surface area contributed by atoms with Gasteiger partial charge in [0, 0.05) is 29.2 Å². The van der Waals surface area contributed by atoms with Gasteiger partial charge in [0.1, 0.15) is 17.2 Å². The third kappa shape index (κ3) is 3.54. The molecule has 0 aromatic heterocycles. The van der Waals surface area contributed by atoms with Crippen molar-refractivity contribution in [1.29, 1.82) is 0 Å². The summed E-state index contributed by atoms with van der Waals surface area (Å²) in [6.45, 7) is 3.61. The maximum Gasteiger partial charge on any atom is 0.202 e. The van der Waals surface area contributed by atoms with Crippen LogP contribution in [0.4, 0.5) is 0 Å². The van der Waals surface area contributed by atoms with Crippen LogP contribution in [0, 0.1) is 0 Å². The number of benzene rings is 2. The Morgan fingerprint density at radius 1 is 1.09 bits per heavy atom. The van der Waals surface area contributed by atoms with Gasteiger partial charge in [-0.1, -0.05) is 30.7 Å². The lowest BCUT2D eigenvalue weighted by Gasteiger charge is -2.39. The van der Waals surface area contributed by atoms with Crippen molar-refractivity contribution in [2.45, 2.75) is 63.8 Å². The first-order chi connectivity index (χ1) is 16.6. The summed E-state index contributed by atoms with van der Waals surface area (Å²) in [7, 11) is 0. The lowest BCUT2D eigenvalue weighted by Crippen LogP contribution is -2.51. The number of ether oxygens (including phenoxy) is 2. The molecule has 0 spiro atoms. The second-order valence-electron chi connectivity index (χ2n) is 9.28. The molecule has 0 radical (unpaired) electrons. The lowest BCUT2D eigenvalue weighted by atomic mass is 9.77. The Balaban J connectivity index is 1.65. The van der Waals surface area contributed by atoms with Crippen molar-refractivity contribution >= 4 is 17.6 Å². The third-order valence-electron chi connectivity index (χ3n) is 7.13. The van der Waals surface area contributed by atoms with E-state index >= 15 is 0 Å². The van der Waals surface area contributed by atoms with E-state index < -0.39 is 53.7 Å². The largest absolute Gasteiger partial charge is 0.507 e. The predicted molar refractivity (Wildman–Crippen MR) is 124 cm³/mol. The molecule has 5 atom stereocenters. The van der Waals surface area contributed by atoms with Crippen molar-refractivity contribution in [2.24, 2.45) is 5.73 Å². The Morgan fingerprint density at radius 3 is 2.49 bits per heavy atom. The van der Waals surface area contributed by atoms with Crippen LogP contribution in [0.25, 0.3) is 6.08 Å². The molecule has 1 heterocycles. The minimum absolute atomic E-state index is 0.0439. The monoisotopic (exact) mass is 481 g/mol. The normalized spacial score (nSPS) is 27.7. The average molecular weight is 482 g/mol. The molecular formula is C26H27NO8. The minimum atomic E-state index is -0.847. The zero-order chi connectivity index (χ0) is 25.2. The van der Waals surface area contributed by atoms with Crippen LogP contribution in [0.5, 0.6) is 17.2 Å². The van der Waals surface area contributed by atoms with Gasteiger partial charge in [0.05, 0.1) is 35.0 Å². The second kappa shape index (κ2) is 8.46. The van der Waals surface area contributed by atoms with E-state index in [2.05, 4.69) is 0 Å². The minimum Gasteiger partial charge on any atom is -0.507 e. The molecule has 2 aromatic carbocycles. The molecule has 9 nitrogen and oxygen atoms in total. The Morgan fingerprint density at radius 2 is 1.80 bits per heavy atom. The van der Waals surface area contributed by atoms with Gasteiger partial charge in [-0.15, -0.1) is 0 Å². The van der Waals surface area contributed by atoms with E-state index in [9.17, 15) is 30.0 Å². The van der Waals surface area contributed by atoms with Crippen LogP contribution < -0.4 is 5.73 Å². The number of carbonyl (C=O) groups is 2. The highest BCUT2D eigenvalue weighted by molar-refractivity contribution is 6.31. The Labute approximate surface area is 201 Å². The summed E-state index contributed by atoms with van der Waals surface area (Å²) in [6.07, 6.45) is -0.144. The molecule has 9 heteroatoms. The molecule has 3 aliphatic rings. The van der Waals surface area contributed by atoms with E-state index in [-0.39, 0.29) is 45.6 Å². The van der Waals surface area contributed by atoms with Gasteiger partial charge in [-0.3, -0.25) is 9.59 Å². The quantitative estimate of drug-likeness (QED) is 0.354. The van der Waals surface area contributed by atoms with Gasteiger partial charge in [-0.2, -0.15) is 0 Å². The van der Waals surface area contributed by atoms with Gasteiger partial charge < -0.3 is 35.6 Å². The maximum absolute atomic E-state index is 13.4. The maximum atomic E-state index is 13.4. The lowest BCUT2D eigenvalue weighted by molar-refractivity contribution is -0.240. The number of phenolic OH excluding ortho intramolecular Hbond substituents is 3. The molecule has 2 aromatic rings. The topological polar surface area (TPSA) is 160 Å². The molecule has 1 aliphatic heterocycles. The average Bonchev–Trinajstić information content (AvgIpc) is 2.82. The number of ketones is 2. The first-order valence-electron chi connectivity index (χ1n) is 11.6. The first kappa shape index (κ1) is 23.5. The summed E-state index contributed by atoms with van der Waals surface area (Å²) < 4.78 is 12.0. The third-order valence-corrected chi connectivity index (χ3v) is 7.13. The Hall–Kier alpha value is -3.24. The number of rotatable bonds is 3. The number of fused-ring (bicyclic) bond motifs is 3. The smallest absolute Gasteiger partial charge is 0.202 e. The molecule has 0 amide bonds. The highest BCUT2D eigenvalue weighted by Gasteiger charge is 2.42. The van der Waals surface area contributed by atoms with E-state index in [1.165, 1.54) is 18.2 Å². The van der Waals surface area contributed by atoms with Crippen LogP contribution in [0.2, 0.25) is 0 Å². The highest BCUT2D eigenvalue weighted by atomic mass is 16.7. The molecule has 184 valence electrons. The van der Waals surface area contributed by atoms with Crippen molar-refractivity contribution < 1.29 is 39.5 Å². The Bertz CT molecular complexity index is 1270. The van der Waals surface area contributed by atoms with E-state index in [1.807, 2.05) is 6.92 Å². The molecule has 6 N–H and O–H groups in total. The van der Waals surface area contributed by atoms with Crippen LogP contribution in [0.15, 0.2) is 23.8 Å². The van der Waals surface area contributed by atoms with Gasteiger partial charge in [-0.05, 0) is 25.8 Å². The summed E-state index contributed by atoms with van der Waals surface area (Å²) in [6, 6.07) is 3.54. The van der Waals surface area contributed by atoms with Crippen LogP contribution in [-0.4, -0.2) is 56.5 Å². The summed E-state index contributed by atoms with van der Waals surface area (Å²) in [5.74, 6) is -2.73. The summed E-state index contributed by atoms with van der Waals surface area (Å²) in [4.78, 5) is 26.6. The molecule has 5 rings (SSSR count). The van der Waals surface area contributed by atoms with Crippen molar-refractivity contribution in [3.05, 3.63) is 57.2 Å². The number of phenols is 3. The number of hydrogen-bond donors (Lipinski definition) is 5. The molecule has 0 saturated carbocycles. The van der Waals surface area contributed by atoms with Crippen LogP contribution in [-0.2, 0) is 9.47 Å². The van der Waals surface area contributed by atoms with E-state index in [4.69, 9.17) is 15.2 Å².